The van der Waals surface area contributed by atoms with Crippen molar-refractivity contribution in [2.75, 3.05) is 5.88 Å². The molecule has 2 unspecified atom stereocenters. The summed E-state index contributed by atoms with van der Waals surface area (Å²) in [5, 5.41) is 12.6. The smallest absolute Gasteiger partial charge is 0.408 e. The quantitative estimate of drug-likeness (QED) is 0.837. The maximum absolute atomic E-state index is 11.8. The predicted octanol–water partition coefficient (Wildman–Crippen LogP) is 2.85. The molecule has 1 rings (SSSR count). The summed E-state index contributed by atoms with van der Waals surface area (Å²) in [7, 11) is 0. The van der Waals surface area contributed by atoms with Crippen LogP contribution in [-0.4, -0.2) is 28.8 Å². The minimum absolute atomic E-state index is 0.0232. The first-order chi connectivity index (χ1) is 8.83. The van der Waals surface area contributed by atoms with Crippen LogP contribution < -0.4 is 5.32 Å². The second kappa shape index (κ2) is 6.78. The summed E-state index contributed by atoms with van der Waals surface area (Å²) in [6.45, 7) is 5.34. The van der Waals surface area contributed by atoms with Gasteiger partial charge in [0.05, 0.1) is 18.0 Å². The summed E-state index contributed by atoms with van der Waals surface area (Å²) < 4.78 is 5.18. The number of hydrogen-bond acceptors (Lipinski definition) is 3. The molecule has 0 aliphatic rings. The maximum atomic E-state index is 11.8. The number of alkyl carbamates (subject to hydrolysis) is 1. The van der Waals surface area contributed by atoms with Gasteiger partial charge in [0.1, 0.15) is 5.60 Å². The normalized spacial score (nSPS) is 14.6. The maximum Gasteiger partial charge on any atom is 0.408 e. The lowest BCUT2D eigenvalue weighted by Crippen LogP contribution is -2.40. The molecule has 0 saturated carbocycles. The molecule has 0 bridgehead atoms. The highest BCUT2D eigenvalue weighted by Crippen LogP contribution is 2.19. The van der Waals surface area contributed by atoms with E-state index in [-0.39, 0.29) is 5.88 Å². The second-order valence-electron chi connectivity index (χ2n) is 5.26. The van der Waals surface area contributed by atoms with Crippen LogP contribution in [0.2, 0.25) is 0 Å². The third-order valence-electron chi connectivity index (χ3n) is 2.37. The number of nitrogens with one attached hydrogen (secondary N) is 1. The lowest BCUT2D eigenvalue weighted by molar-refractivity contribution is 0.0438. The van der Waals surface area contributed by atoms with Crippen molar-refractivity contribution in [1.29, 1.82) is 0 Å². The zero-order valence-corrected chi connectivity index (χ0v) is 12.1. The van der Waals surface area contributed by atoms with Gasteiger partial charge in [-0.3, -0.25) is 0 Å². The average molecular weight is 286 g/mol. The minimum Gasteiger partial charge on any atom is -0.444 e. The molecule has 0 radical (unpaired) electrons. The lowest BCUT2D eigenvalue weighted by Gasteiger charge is -2.26. The van der Waals surface area contributed by atoms with Crippen LogP contribution >= 0.6 is 11.6 Å². The van der Waals surface area contributed by atoms with Crippen LogP contribution in [0.15, 0.2) is 30.3 Å². The SMILES string of the molecule is CC(C)(C)OC(=O)NC(c1ccccc1)C(O)CCl. The van der Waals surface area contributed by atoms with Crippen molar-refractivity contribution >= 4 is 17.7 Å². The fraction of sp³-hybridized carbons (Fsp3) is 0.500. The Balaban J connectivity index is 2.80. The number of amides is 1. The molecule has 106 valence electrons. The Morgan fingerprint density at radius 1 is 1.37 bits per heavy atom. The molecule has 1 aromatic carbocycles. The van der Waals surface area contributed by atoms with Gasteiger partial charge in [-0.25, -0.2) is 4.79 Å². The Hall–Kier alpha value is -1.26. The Morgan fingerprint density at radius 2 is 1.95 bits per heavy atom. The molecule has 0 heterocycles. The minimum atomic E-state index is -0.878. The van der Waals surface area contributed by atoms with Gasteiger partial charge in [0.15, 0.2) is 0 Å². The second-order valence-corrected chi connectivity index (χ2v) is 5.56. The van der Waals surface area contributed by atoms with E-state index in [0.29, 0.717) is 0 Å². The molecule has 19 heavy (non-hydrogen) atoms. The number of carbonyl (C=O) groups excluding carboxylic acids is 1. The molecular weight excluding hydrogens is 266 g/mol. The zero-order chi connectivity index (χ0) is 14.5. The Bertz CT molecular complexity index is 403. The molecule has 0 spiro atoms. The molecule has 1 aromatic rings. The predicted molar refractivity (Wildman–Crippen MR) is 75.3 cm³/mol. The van der Waals surface area contributed by atoms with Crippen molar-refractivity contribution in [1.82, 2.24) is 5.32 Å². The number of hydrogen-bond donors (Lipinski definition) is 2. The van der Waals surface area contributed by atoms with Crippen LogP contribution in [0.25, 0.3) is 0 Å². The van der Waals surface area contributed by atoms with Gasteiger partial charge in [0.25, 0.3) is 0 Å². The molecule has 2 N–H and O–H groups in total. The number of rotatable bonds is 4. The van der Waals surface area contributed by atoms with Crippen LogP contribution in [0, 0.1) is 0 Å². The summed E-state index contributed by atoms with van der Waals surface area (Å²) in [5.74, 6) is 0.0232. The standard InChI is InChI=1S/C14H20ClNO3/c1-14(2,3)19-13(18)16-12(11(17)9-15)10-7-5-4-6-8-10/h4-8,11-12,17H,9H2,1-3H3,(H,16,18). The number of ether oxygens (including phenoxy) is 1. The van der Waals surface area contributed by atoms with Crippen molar-refractivity contribution in [3.63, 3.8) is 0 Å². The largest absolute Gasteiger partial charge is 0.444 e. The van der Waals surface area contributed by atoms with Gasteiger partial charge in [-0.1, -0.05) is 30.3 Å². The van der Waals surface area contributed by atoms with E-state index >= 15 is 0 Å². The zero-order valence-electron chi connectivity index (χ0n) is 11.4. The average Bonchev–Trinajstić information content (AvgIpc) is 2.34. The Morgan fingerprint density at radius 3 is 2.42 bits per heavy atom. The molecule has 0 aliphatic carbocycles. The van der Waals surface area contributed by atoms with E-state index < -0.39 is 23.8 Å². The summed E-state index contributed by atoms with van der Waals surface area (Å²) >= 11 is 5.67. The van der Waals surface area contributed by atoms with Gasteiger partial charge in [0, 0.05) is 0 Å². The number of benzene rings is 1. The molecule has 0 aliphatic heterocycles. The van der Waals surface area contributed by atoms with Crippen molar-refractivity contribution in [3.8, 4) is 0 Å². The number of carbonyl (C=O) groups is 1. The fourth-order valence-electron chi connectivity index (χ4n) is 1.59. The monoisotopic (exact) mass is 285 g/mol. The van der Waals surface area contributed by atoms with E-state index in [1.165, 1.54) is 0 Å². The lowest BCUT2D eigenvalue weighted by atomic mass is 10.0. The van der Waals surface area contributed by atoms with Crippen molar-refractivity contribution < 1.29 is 14.6 Å². The van der Waals surface area contributed by atoms with Gasteiger partial charge >= 0.3 is 6.09 Å². The number of aliphatic hydroxyl groups excluding tert-OH is 1. The van der Waals surface area contributed by atoms with E-state index in [1.807, 2.05) is 30.3 Å². The van der Waals surface area contributed by atoms with Crippen LogP contribution in [0.5, 0.6) is 0 Å². The topological polar surface area (TPSA) is 58.6 Å². The highest BCUT2D eigenvalue weighted by Gasteiger charge is 2.25. The van der Waals surface area contributed by atoms with Crippen molar-refractivity contribution in [2.24, 2.45) is 0 Å². The van der Waals surface area contributed by atoms with Crippen LogP contribution in [-0.2, 0) is 4.74 Å². The number of alkyl halides is 1. The number of halogens is 1. The van der Waals surface area contributed by atoms with Crippen molar-refractivity contribution in [3.05, 3.63) is 35.9 Å². The molecule has 0 saturated heterocycles. The molecule has 4 nitrogen and oxygen atoms in total. The van der Waals surface area contributed by atoms with Crippen molar-refractivity contribution in [2.45, 2.75) is 38.5 Å². The Labute approximate surface area is 118 Å². The van der Waals surface area contributed by atoms with Gasteiger partial charge in [-0.05, 0) is 26.3 Å². The van der Waals surface area contributed by atoms with E-state index in [4.69, 9.17) is 16.3 Å². The van der Waals surface area contributed by atoms with Crippen LogP contribution in [0.4, 0.5) is 4.79 Å². The van der Waals surface area contributed by atoms with E-state index in [1.54, 1.807) is 20.8 Å². The molecule has 2 atom stereocenters. The summed E-state index contributed by atoms with van der Waals surface area (Å²) in [5.41, 5.74) is 0.193. The molecule has 5 heteroatoms. The van der Waals surface area contributed by atoms with E-state index in [0.717, 1.165) is 5.56 Å². The molecular formula is C14H20ClNO3. The highest BCUT2D eigenvalue weighted by atomic mass is 35.5. The van der Waals surface area contributed by atoms with Gasteiger partial charge in [-0.15, -0.1) is 11.6 Å². The summed E-state index contributed by atoms with van der Waals surface area (Å²) in [4.78, 5) is 11.8. The van der Waals surface area contributed by atoms with Gasteiger partial charge < -0.3 is 15.2 Å². The van der Waals surface area contributed by atoms with E-state index in [9.17, 15) is 9.90 Å². The molecule has 0 aromatic heterocycles. The third kappa shape index (κ3) is 5.49. The highest BCUT2D eigenvalue weighted by molar-refractivity contribution is 6.18. The van der Waals surface area contributed by atoms with Crippen LogP contribution in [0.3, 0.4) is 0 Å². The summed E-state index contributed by atoms with van der Waals surface area (Å²) in [6.07, 6.45) is -1.46. The first kappa shape index (κ1) is 15.8. The molecule has 1 amide bonds. The van der Waals surface area contributed by atoms with E-state index in [2.05, 4.69) is 5.32 Å². The van der Waals surface area contributed by atoms with Crippen LogP contribution in [0.1, 0.15) is 32.4 Å². The summed E-state index contributed by atoms with van der Waals surface area (Å²) in [6, 6.07) is 8.57. The van der Waals surface area contributed by atoms with Gasteiger partial charge in [0.2, 0.25) is 0 Å². The Kier molecular flexibility index (Phi) is 5.63. The first-order valence-electron chi connectivity index (χ1n) is 6.12. The fourth-order valence-corrected chi connectivity index (χ4v) is 1.76. The first-order valence-corrected chi connectivity index (χ1v) is 6.65. The number of aliphatic hydroxyl groups is 1. The van der Waals surface area contributed by atoms with Gasteiger partial charge in [-0.2, -0.15) is 0 Å². The third-order valence-corrected chi connectivity index (χ3v) is 2.69. The molecule has 0 fully saturated rings.